The van der Waals surface area contributed by atoms with Crippen LogP contribution in [0.15, 0.2) is 24.5 Å². The van der Waals surface area contributed by atoms with Crippen LogP contribution in [0.1, 0.15) is 41.3 Å². The first-order valence-electron chi connectivity index (χ1n) is 8.38. The maximum Gasteiger partial charge on any atom is 0.142 e. The minimum absolute atomic E-state index is 0.971. The maximum absolute atomic E-state index is 4.58. The van der Waals surface area contributed by atoms with Crippen molar-refractivity contribution in [2.45, 2.75) is 46.0 Å². The number of hydrogen-bond donors (Lipinski definition) is 1. The largest absolute Gasteiger partial charge is 0.339 e. The molecule has 118 valence electrons. The summed E-state index contributed by atoms with van der Waals surface area (Å²) in [5.74, 6) is 0.971. The van der Waals surface area contributed by atoms with Crippen LogP contribution in [-0.2, 0) is 19.3 Å². The molecule has 0 saturated carbocycles. The second-order valence-electron chi connectivity index (χ2n) is 6.20. The molecule has 0 spiro atoms. The predicted octanol–water partition coefficient (Wildman–Crippen LogP) is 5.18. The first-order valence-corrected chi connectivity index (χ1v) is 9.20. The molecule has 3 aromatic rings. The number of rotatable bonds is 3. The van der Waals surface area contributed by atoms with E-state index in [1.54, 1.807) is 6.33 Å². The molecule has 0 fully saturated rings. The van der Waals surface area contributed by atoms with E-state index < -0.39 is 0 Å². The molecule has 4 heteroatoms. The van der Waals surface area contributed by atoms with Crippen LogP contribution >= 0.6 is 11.3 Å². The molecule has 4 rings (SSSR count). The lowest BCUT2D eigenvalue weighted by Crippen LogP contribution is -2.03. The molecule has 0 amide bonds. The first-order chi connectivity index (χ1) is 11.3. The van der Waals surface area contributed by atoms with Gasteiger partial charge in [0.2, 0.25) is 0 Å². The van der Waals surface area contributed by atoms with Gasteiger partial charge in [-0.25, -0.2) is 9.97 Å². The van der Waals surface area contributed by atoms with Crippen molar-refractivity contribution in [2.24, 2.45) is 0 Å². The number of aryl methyl sites for hydroxylation is 4. The second kappa shape index (κ2) is 5.93. The van der Waals surface area contributed by atoms with Crippen LogP contribution in [0.5, 0.6) is 0 Å². The van der Waals surface area contributed by atoms with Crippen molar-refractivity contribution in [3.05, 3.63) is 46.1 Å². The molecular weight excluding hydrogens is 302 g/mol. The summed E-state index contributed by atoms with van der Waals surface area (Å²) in [6, 6.07) is 6.47. The molecule has 2 heterocycles. The predicted molar refractivity (Wildman–Crippen MR) is 97.9 cm³/mol. The first kappa shape index (κ1) is 14.6. The third-order valence-corrected chi connectivity index (χ3v) is 5.93. The van der Waals surface area contributed by atoms with E-state index in [-0.39, 0.29) is 0 Å². The Bertz CT molecular complexity index is 866. The Balaban J connectivity index is 1.85. The summed E-state index contributed by atoms with van der Waals surface area (Å²) >= 11 is 1.85. The Kier molecular flexibility index (Phi) is 3.77. The summed E-state index contributed by atoms with van der Waals surface area (Å²) in [6.45, 7) is 4.35. The van der Waals surface area contributed by atoms with Gasteiger partial charge in [-0.3, -0.25) is 0 Å². The highest BCUT2D eigenvalue weighted by atomic mass is 32.1. The van der Waals surface area contributed by atoms with E-state index in [0.29, 0.717) is 0 Å². The number of hydrogen-bond acceptors (Lipinski definition) is 4. The number of aromatic nitrogens is 2. The Hall–Kier alpha value is -1.94. The Morgan fingerprint density at radius 1 is 1.17 bits per heavy atom. The summed E-state index contributed by atoms with van der Waals surface area (Å²) < 4.78 is 0. The Morgan fingerprint density at radius 2 is 2.04 bits per heavy atom. The van der Waals surface area contributed by atoms with Crippen LogP contribution in [-0.4, -0.2) is 9.97 Å². The normalized spacial score (nSPS) is 14.0. The van der Waals surface area contributed by atoms with Gasteiger partial charge in [0.1, 0.15) is 17.0 Å². The topological polar surface area (TPSA) is 37.8 Å². The monoisotopic (exact) mass is 323 g/mol. The van der Waals surface area contributed by atoms with E-state index in [1.807, 2.05) is 11.3 Å². The molecule has 1 aliphatic rings. The molecule has 0 atom stereocenters. The number of anilines is 2. The van der Waals surface area contributed by atoms with E-state index in [4.69, 9.17) is 0 Å². The van der Waals surface area contributed by atoms with Crippen LogP contribution in [0.3, 0.4) is 0 Å². The molecule has 1 N–H and O–H groups in total. The van der Waals surface area contributed by atoms with Crippen molar-refractivity contribution in [3.8, 4) is 0 Å². The molecule has 0 aliphatic heterocycles. The van der Waals surface area contributed by atoms with Crippen LogP contribution < -0.4 is 5.32 Å². The van der Waals surface area contributed by atoms with Crippen LogP contribution in [0.2, 0.25) is 0 Å². The number of nitrogens with zero attached hydrogens (tertiary/aromatic N) is 2. The van der Waals surface area contributed by atoms with Crippen molar-refractivity contribution in [1.29, 1.82) is 0 Å². The third-order valence-electron chi connectivity index (χ3n) is 4.73. The molecule has 2 aromatic heterocycles. The van der Waals surface area contributed by atoms with E-state index in [9.17, 15) is 0 Å². The zero-order valence-electron chi connectivity index (χ0n) is 13.6. The smallest absolute Gasteiger partial charge is 0.142 e. The van der Waals surface area contributed by atoms with E-state index >= 15 is 0 Å². The summed E-state index contributed by atoms with van der Waals surface area (Å²) in [5, 5.41) is 4.87. The summed E-state index contributed by atoms with van der Waals surface area (Å²) in [4.78, 5) is 11.7. The highest BCUT2D eigenvalue weighted by Gasteiger charge is 2.20. The van der Waals surface area contributed by atoms with Crippen LogP contribution in [0.4, 0.5) is 11.5 Å². The van der Waals surface area contributed by atoms with Gasteiger partial charge in [0.05, 0.1) is 5.39 Å². The molecular formula is C19H21N3S. The van der Waals surface area contributed by atoms with E-state index in [2.05, 4.69) is 47.3 Å². The third kappa shape index (κ3) is 2.51. The van der Waals surface area contributed by atoms with Gasteiger partial charge in [-0.15, -0.1) is 11.3 Å². The standard InChI is InChI=1S/C19H21N3S/c1-3-13-8-6-7-12(2)17(13)22-18-16-14-9-4-5-10-15(14)23-19(16)21-11-20-18/h6-8,11H,3-5,9-10H2,1-2H3,(H,20,21,22). The summed E-state index contributed by atoms with van der Waals surface area (Å²) in [6.07, 6.45) is 7.63. The van der Waals surface area contributed by atoms with Crippen LogP contribution in [0.25, 0.3) is 10.2 Å². The lowest BCUT2D eigenvalue weighted by molar-refractivity contribution is 0.700. The molecule has 23 heavy (non-hydrogen) atoms. The summed E-state index contributed by atoms with van der Waals surface area (Å²) in [7, 11) is 0. The highest BCUT2D eigenvalue weighted by Crippen LogP contribution is 2.39. The molecule has 3 nitrogen and oxygen atoms in total. The lowest BCUT2D eigenvalue weighted by Gasteiger charge is -2.15. The van der Waals surface area contributed by atoms with Gasteiger partial charge in [-0.05, 0) is 55.7 Å². The van der Waals surface area contributed by atoms with Crippen molar-refractivity contribution in [1.82, 2.24) is 9.97 Å². The second-order valence-corrected chi connectivity index (χ2v) is 7.28. The minimum Gasteiger partial charge on any atom is -0.339 e. The Labute approximate surface area is 140 Å². The minimum atomic E-state index is 0.971. The number of fused-ring (bicyclic) bond motifs is 3. The van der Waals surface area contributed by atoms with Gasteiger partial charge in [0.15, 0.2) is 0 Å². The van der Waals surface area contributed by atoms with Crippen molar-refractivity contribution < 1.29 is 0 Å². The number of nitrogens with one attached hydrogen (secondary N) is 1. The fraction of sp³-hybridized carbons (Fsp3) is 0.368. The quantitative estimate of drug-likeness (QED) is 0.721. The van der Waals surface area contributed by atoms with Gasteiger partial charge in [-0.1, -0.05) is 25.1 Å². The average Bonchev–Trinajstić information content (AvgIpc) is 2.96. The number of thiophene rings is 1. The average molecular weight is 323 g/mol. The van der Waals surface area contributed by atoms with Gasteiger partial charge >= 0.3 is 0 Å². The van der Waals surface area contributed by atoms with Crippen molar-refractivity contribution >= 4 is 33.1 Å². The molecule has 0 saturated heterocycles. The van der Waals surface area contributed by atoms with Gasteiger partial charge in [0.25, 0.3) is 0 Å². The van der Waals surface area contributed by atoms with E-state index in [0.717, 1.165) is 23.5 Å². The Morgan fingerprint density at radius 3 is 2.91 bits per heavy atom. The van der Waals surface area contributed by atoms with Crippen molar-refractivity contribution in [3.63, 3.8) is 0 Å². The van der Waals surface area contributed by atoms with Gasteiger partial charge in [0, 0.05) is 10.6 Å². The highest BCUT2D eigenvalue weighted by molar-refractivity contribution is 7.19. The molecule has 0 bridgehead atoms. The van der Waals surface area contributed by atoms with Gasteiger partial charge < -0.3 is 5.32 Å². The SMILES string of the molecule is CCc1cccc(C)c1Nc1ncnc2sc3c(c12)CCCC3. The number of para-hydroxylation sites is 1. The molecule has 0 radical (unpaired) electrons. The van der Waals surface area contributed by atoms with Gasteiger partial charge in [-0.2, -0.15) is 0 Å². The maximum atomic E-state index is 4.58. The zero-order valence-corrected chi connectivity index (χ0v) is 14.5. The van der Waals surface area contributed by atoms with E-state index in [1.165, 1.54) is 51.9 Å². The molecule has 1 aliphatic carbocycles. The fourth-order valence-electron chi connectivity index (χ4n) is 3.51. The molecule has 0 unspecified atom stereocenters. The van der Waals surface area contributed by atoms with Crippen molar-refractivity contribution in [2.75, 3.05) is 5.32 Å². The van der Waals surface area contributed by atoms with Crippen LogP contribution in [0, 0.1) is 6.92 Å². The fourth-order valence-corrected chi connectivity index (χ4v) is 4.73. The summed E-state index contributed by atoms with van der Waals surface area (Å²) in [5.41, 5.74) is 5.28. The molecule has 1 aromatic carbocycles. The number of benzene rings is 1. The lowest BCUT2D eigenvalue weighted by atomic mass is 9.97. The zero-order chi connectivity index (χ0) is 15.8.